The Kier molecular flexibility index (Phi) is 4.97. The Hall–Kier alpha value is -2.15. The predicted octanol–water partition coefficient (Wildman–Crippen LogP) is 3.06. The second kappa shape index (κ2) is 6.74. The maximum absolute atomic E-state index is 12.6. The molecular weight excluding hydrogens is 295 g/mol. The van der Waals surface area contributed by atoms with Crippen molar-refractivity contribution in [2.24, 2.45) is 0 Å². The van der Waals surface area contributed by atoms with E-state index in [4.69, 9.17) is 0 Å². The maximum Gasteiger partial charge on any atom is 0.451 e. The number of alkyl halides is 3. The SMILES string of the molecule is CN(CCC(O)c1ccccc1)c1ccnc(C(F)(F)F)n1. The highest BCUT2D eigenvalue weighted by Crippen LogP contribution is 2.27. The van der Waals surface area contributed by atoms with Gasteiger partial charge >= 0.3 is 6.18 Å². The lowest BCUT2D eigenvalue weighted by Gasteiger charge is -2.20. The molecule has 0 saturated heterocycles. The summed E-state index contributed by atoms with van der Waals surface area (Å²) >= 11 is 0. The van der Waals surface area contributed by atoms with Gasteiger partial charge in [0.25, 0.3) is 0 Å². The molecule has 0 amide bonds. The van der Waals surface area contributed by atoms with Crippen molar-refractivity contribution < 1.29 is 18.3 Å². The summed E-state index contributed by atoms with van der Waals surface area (Å²) in [7, 11) is 1.63. The van der Waals surface area contributed by atoms with Gasteiger partial charge in [-0.1, -0.05) is 30.3 Å². The van der Waals surface area contributed by atoms with Crippen molar-refractivity contribution in [3.63, 3.8) is 0 Å². The minimum Gasteiger partial charge on any atom is -0.388 e. The first-order valence-corrected chi connectivity index (χ1v) is 6.72. The number of aromatic nitrogens is 2. The molecule has 0 fully saturated rings. The Balaban J connectivity index is 1.99. The summed E-state index contributed by atoms with van der Waals surface area (Å²) < 4.78 is 37.7. The average molecular weight is 311 g/mol. The quantitative estimate of drug-likeness (QED) is 0.922. The Morgan fingerprint density at radius 2 is 1.86 bits per heavy atom. The Morgan fingerprint density at radius 1 is 1.18 bits per heavy atom. The second-order valence-electron chi connectivity index (χ2n) is 4.87. The fraction of sp³-hybridized carbons (Fsp3) is 0.333. The van der Waals surface area contributed by atoms with Gasteiger partial charge in [-0.05, 0) is 18.1 Å². The van der Waals surface area contributed by atoms with Crippen LogP contribution in [0.15, 0.2) is 42.6 Å². The molecule has 0 saturated carbocycles. The monoisotopic (exact) mass is 311 g/mol. The zero-order valence-electron chi connectivity index (χ0n) is 12.0. The highest BCUT2D eigenvalue weighted by atomic mass is 19.4. The molecule has 118 valence electrons. The molecule has 22 heavy (non-hydrogen) atoms. The minimum absolute atomic E-state index is 0.169. The van der Waals surface area contributed by atoms with Crippen LogP contribution in [-0.4, -0.2) is 28.7 Å². The summed E-state index contributed by atoms with van der Waals surface area (Å²) in [4.78, 5) is 8.29. The summed E-state index contributed by atoms with van der Waals surface area (Å²) in [6, 6.07) is 10.5. The first kappa shape index (κ1) is 16.2. The number of aliphatic hydroxyl groups excluding tert-OH is 1. The summed E-state index contributed by atoms with van der Waals surface area (Å²) in [6.45, 7) is 0.365. The summed E-state index contributed by atoms with van der Waals surface area (Å²) in [5, 5.41) is 10.1. The number of aliphatic hydroxyl groups is 1. The molecule has 1 heterocycles. The van der Waals surface area contributed by atoms with Crippen molar-refractivity contribution in [2.45, 2.75) is 18.7 Å². The van der Waals surface area contributed by atoms with Crippen molar-refractivity contribution in [1.82, 2.24) is 9.97 Å². The molecule has 1 unspecified atom stereocenters. The van der Waals surface area contributed by atoms with Gasteiger partial charge in [0.15, 0.2) is 0 Å². The zero-order valence-corrected chi connectivity index (χ0v) is 12.0. The van der Waals surface area contributed by atoms with Crippen LogP contribution in [0.2, 0.25) is 0 Å². The molecule has 0 aliphatic rings. The van der Waals surface area contributed by atoms with Gasteiger partial charge in [0, 0.05) is 19.8 Å². The van der Waals surface area contributed by atoms with E-state index in [0.717, 1.165) is 11.8 Å². The van der Waals surface area contributed by atoms with Crippen molar-refractivity contribution in [1.29, 1.82) is 0 Å². The van der Waals surface area contributed by atoms with Crippen LogP contribution in [0.5, 0.6) is 0 Å². The molecular formula is C15H16F3N3O. The number of nitrogens with zero attached hydrogens (tertiary/aromatic N) is 3. The molecule has 0 aliphatic carbocycles. The fourth-order valence-corrected chi connectivity index (χ4v) is 1.97. The largest absolute Gasteiger partial charge is 0.451 e. The number of benzene rings is 1. The van der Waals surface area contributed by atoms with Gasteiger partial charge in [-0.3, -0.25) is 0 Å². The van der Waals surface area contributed by atoms with E-state index in [9.17, 15) is 18.3 Å². The number of anilines is 1. The van der Waals surface area contributed by atoms with Gasteiger partial charge in [0.1, 0.15) is 5.82 Å². The molecule has 7 heteroatoms. The standard InChI is InChI=1S/C15H16F3N3O/c1-21(10-8-12(22)11-5-3-2-4-6-11)13-7-9-19-14(20-13)15(16,17)18/h2-7,9,12,22H,8,10H2,1H3. The van der Waals surface area contributed by atoms with Crippen LogP contribution in [0.1, 0.15) is 23.9 Å². The lowest BCUT2D eigenvalue weighted by Crippen LogP contribution is -2.23. The Morgan fingerprint density at radius 3 is 2.50 bits per heavy atom. The van der Waals surface area contributed by atoms with E-state index in [2.05, 4.69) is 9.97 Å². The van der Waals surface area contributed by atoms with E-state index in [1.54, 1.807) is 24.1 Å². The van der Waals surface area contributed by atoms with E-state index in [0.29, 0.717) is 13.0 Å². The van der Waals surface area contributed by atoms with Crippen LogP contribution < -0.4 is 4.90 Å². The van der Waals surface area contributed by atoms with Crippen molar-refractivity contribution in [3.05, 3.63) is 54.0 Å². The molecule has 2 rings (SSSR count). The number of hydrogen-bond donors (Lipinski definition) is 1. The normalized spacial score (nSPS) is 13.0. The smallest absolute Gasteiger partial charge is 0.388 e. The number of hydrogen-bond acceptors (Lipinski definition) is 4. The van der Waals surface area contributed by atoms with Crippen molar-refractivity contribution >= 4 is 5.82 Å². The number of rotatable bonds is 5. The van der Waals surface area contributed by atoms with Crippen molar-refractivity contribution in [3.8, 4) is 0 Å². The highest BCUT2D eigenvalue weighted by Gasteiger charge is 2.34. The molecule has 1 aromatic heterocycles. The topological polar surface area (TPSA) is 49.2 Å². The van der Waals surface area contributed by atoms with E-state index in [1.165, 1.54) is 6.07 Å². The van der Waals surface area contributed by atoms with Crippen LogP contribution in [-0.2, 0) is 6.18 Å². The summed E-state index contributed by atoms with van der Waals surface area (Å²) in [5.41, 5.74) is 0.773. The summed E-state index contributed by atoms with van der Waals surface area (Å²) in [6.07, 6.45) is -3.78. The van der Waals surface area contributed by atoms with Gasteiger partial charge in [0.05, 0.1) is 6.10 Å². The second-order valence-corrected chi connectivity index (χ2v) is 4.87. The van der Waals surface area contributed by atoms with Crippen LogP contribution in [0, 0.1) is 0 Å². The van der Waals surface area contributed by atoms with Crippen LogP contribution in [0.4, 0.5) is 19.0 Å². The third-order valence-electron chi connectivity index (χ3n) is 3.21. The molecule has 0 aliphatic heterocycles. The third-order valence-corrected chi connectivity index (χ3v) is 3.21. The molecule has 1 atom stereocenters. The molecule has 2 aromatic rings. The van der Waals surface area contributed by atoms with Gasteiger partial charge in [-0.25, -0.2) is 9.97 Å². The Bertz CT molecular complexity index is 604. The van der Waals surface area contributed by atoms with Crippen LogP contribution in [0.25, 0.3) is 0 Å². The minimum atomic E-state index is -4.57. The third kappa shape index (κ3) is 4.17. The molecule has 0 radical (unpaired) electrons. The highest BCUT2D eigenvalue weighted by molar-refractivity contribution is 5.36. The molecule has 0 spiro atoms. The molecule has 1 N–H and O–H groups in total. The van der Waals surface area contributed by atoms with Gasteiger partial charge < -0.3 is 10.0 Å². The molecule has 4 nitrogen and oxygen atoms in total. The molecule has 1 aromatic carbocycles. The van der Waals surface area contributed by atoms with Crippen LogP contribution in [0.3, 0.4) is 0 Å². The predicted molar refractivity (Wildman–Crippen MR) is 76.3 cm³/mol. The summed E-state index contributed by atoms with van der Waals surface area (Å²) in [5.74, 6) is -0.997. The van der Waals surface area contributed by atoms with E-state index >= 15 is 0 Å². The van der Waals surface area contributed by atoms with Crippen molar-refractivity contribution in [2.75, 3.05) is 18.5 Å². The first-order valence-electron chi connectivity index (χ1n) is 6.72. The first-order chi connectivity index (χ1) is 10.4. The Labute approximate surface area is 126 Å². The average Bonchev–Trinajstić information content (AvgIpc) is 2.52. The number of halogens is 3. The maximum atomic E-state index is 12.6. The van der Waals surface area contributed by atoms with Gasteiger partial charge in [-0.15, -0.1) is 0 Å². The lowest BCUT2D eigenvalue weighted by molar-refractivity contribution is -0.144. The fourth-order valence-electron chi connectivity index (χ4n) is 1.97. The van der Waals surface area contributed by atoms with Crippen LogP contribution >= 0.6 is 0 Å². The van der Waals surface area contributed by atoms with Gasteiger partial charge in [-0.2, -0.15) is 13.2 Å². The van der Waals surface area contributed by atoms with E-state index in [1.807, 2.05) is 18.2 Å². The molecule has 0 bridgehead atoms. The lowest BCUT2D eigenvalue weighted by atomic mass is 10.1. The zero-order chi connectivity index (χ0) is 16.2. The van der Waals surface area contributed by atoms with E-state index < -0.39 is 18.1 Å². The van der Waals surface area contributed by atoms with E-state index in [-0.39, 0.29) is 5.82 Å². The van der Waals surface area contributed by atoms with Gasteiger partial charge in [0.2, 0.25) is 5.82 Å².